The second kappa shape index (κ2) is 3.79. The molecule has 13 heavy (non-hydrogen) atoms. The van der Waals surface area contributed by atoms with E-state index in [4.69, 9.17) is 4.74 Å². The standard InChI is InChI=1S/C11H15NO/c1-9-3-2-4-11(5-9)13-8-10-6-12-7-10/h2-5,10,12H,6-8H2,1H3. The van der Waals surface area contributed by atoms with Gasteiger partial charge in [-0.05, 0) is 24.6 Å². The highest BCUT2D eigenvalue weighted by molar-refractivity contribution is 5.27. The van der Waals surface area contributed by atoms with Crippen molar-refractivity contribution < 1.29 is 4.74 Å². The van der Waals surface area contributed by atoms with Crippen LogP contribution in [0.25, 0.3) is 0 Å². The maximum atomic E-state index is 5.65. The van der Waals surface area contributed by atoms with Crippen LogP contribution in [0.15, 0.2) is 24.3 Å². The molecule has 1 saturated heterocycles. The van der Waals surface area contributed by atoms with Crippen molar-refractivity contribution in [3.63, 3.8) is 0 Å². The maximum Gasteiger partial charge on any atom is 0.119 e. The van der Waals surface area contributed by atoms with Crippen molar-refractivity contribution in [2.24, 2.45) is 5.92 Å². The highest BCUT2D eigenvalue weighted by atomic mass is 16.5. The second-order valence-electron chi connectivity index (χ2n) is 3.65. The fraction of sp³-hybridized carbons (Fsp3) is 0.455. The summed E-state index contributed by atoms with van der Waals surface area (Å²) in [5, 5.41) is 3.23. The Morgan fingerprint density at radius 3 is 2.92 bits per heavy atom. The fourth-order valence-electron chi connectivity index (χ4n) is 1.39. The van der Waals surface area contributed by atoms with Gasteiger partial charge < -0.3 is 10.1 Å². The van der Waals surface area contributed by atoms with Gasteiger partial charge in [0, 0.05) is 19.0 Å². The lowest BCUT2D eigenvalue weighted by Gasteiger charge is -2.26. The van der Waals surface area contributed by atoms with Crippen LogP contribution in [-0.2, 0) is 0 Å². The third kappa shape index (κ3) is 2.22. The van der Waals surface area contributed by atoms with Crippen molar-refractivity contribution in [1.29, 1.82) is 0 Å². The van der Waals surface area contributed by atoms with E-state index in [1.807, 2.05) is 12.1 Å². The van der Waals surface area contributed by atoms with Gasteiger partial charge in [-0.1, -0.05) is 12.1 Å². The first-order valence-electron chi connectivity index (χ1n) is 4.75. The number of ether oxygens (including phenoxy) is 1. The SMILES string of the molecule is Cc1cccc(OCC2CNC2)c1. The Kier molecular flexibility index (Phi) is 2.50. The number of rotatable bonds is 3. The average molecular weight is 177 g/mol. The molecule has 1 heterocycles. The number of hydrogen-bond acceptors (Lipinski definition) is 2. The van der Waals surface area contributed by atoms with Gasteiger partial charge in [-0.2, -0.15) is 0 Å². The first-order chi connectivity index (χ1) is 6.34. The van der Waals surface area contributed by atoms with Crippen LogP contribution in [0.3, 0.4) is 0 Å². The third-order valence-electron chi connectivity index (χ3n) is 2.34. The first-order valence-corrected chi connectivity index (χ1v) is 4.75. The topological polar surface area (TPSA) is 21.3 Å². The van der Waals surface area contributed by atoms with Crippen molar-refractivity contribution in [2.45, 2.75) is 6.92 Å². The smallest absolute Gasteiger partial charge is 0.119 e. The van der Waals surface area contributed by atoms with Gasteiger partial charge in [0.25, 0.3) is 0 Å². The molecule has 1 N–H and O–H groups in total. The van der Waals surface area contributed by atoms with Crippen LogP contribution >= 0.6 is 0 Å². The van der Waals surface area contributed by atoms with Crippen LogP contribution in [0.5, 0.6) is 5.75 Å². The zero-order valence-electron chi connectivity index (χ0n) is 7.92. The molecule has 0 saturated carbocycles. The summed E-state index contributed by atoms with van der Waals surface area (Å²) in [5.74, 6) is 1.70. The normalized spacial score (nSPS) is 16.7. The van der Waals surface area contributed by atoms with Crippen molar-refractivity contribution in [2.75, 3.05) is 19.7 Å². The Hall–Kier alpha value is -1.02. The summed E-state index contributed by atoms with van der Waals surface area (Å²) in [5.41, 5.74) is 1.25. The van der Waals surface area contributed by atoms with Gasteiger partial charge in [0.15, 0.2) is 0 Å². The fourth-order valence-corrected chi connectivity index (χ4v) is 1.39. The number of aryl methyl sites for hydroxylation is 1. The van der Waals surface area contributed by atoms with E-state index >= 15 is 0 Å². The Morgan fingerprint density at radius 1 is 1.46 bits per heavy atom. The molecule has 0 atom stereocenters. The summed E-state index contributed by atoms with van der Waals surface area (Å²) in [4.78, 5) is 0. The maximum absolute atomic E-state index is 5.65. The molecule has 2 heteroatoms. The van der Waals surface area contributed by atoms with Crippen molar-refractivity contribution in [3.05, 3.63) is 29.8 Å². The molecule has 1 aliphatic heterocycles. The zero-order valence-corrected chi connectivity index (χ0v) is 7.92. The van der Waals surface area contributed by atoms with Crippen molar-refractivity contribution in [3.8, 4) is 5.75 Å². The summed E-state index contributed by atoms with van der Waals surface area (Å²) in [7, 11) is 0. The summed E-state index contributed by atoms with van der Waals surface area (Å²) in [6.07, 6.45) is 0. The molecule has 0 aliphatic carbocycles. The second-order valence-corrected chi connectivity index (χ2v) is 3.65. The monoisotopic (exact) mass is 177 g/mol. The third-order valence-corrected chi connectivity index (χ3v) is 2.34. The van der Waals surface area contributed by atoms with Gasteiger partial charge in [0.1, 0.15) is 5.75 Å². The van der Waals surface area contributed by atoms with Crippen LogP contribution in [-0.4, -0.2) is 19.7 Å². The van der Waals surface area contributed by atoms with E-state index < -0.39 is 0 Å². The molecular formula is C11H15NO. The summed E-state index contributed by atoms with van der Waals surface area (Å²) in [6.45, 7) is 5.13. The summed E-state index contributed by atoms with van der Waals surface area (Å²) in [6, 6.07) is 8.20. The van der Waals surface area contributed by atoms with Crippen LogP contribution in [0.1, 0.15) is 5.56 Å². The van der Waals surface area contributed by atoms with Gasteiger partial charge in [-0.3, -0.25) is 0 Å². The minimum atomic E-state index is 0.709. The van der Waals surface area contributed by atoms with E-state index in [1.165, 1.54) is 5.56 Å². The number of nitrogens with one attached hydrogen (secondary N) is 1. The molecule has 0 bridgehead atoms. The minimum Gasteiger partial charge on any atom is -0.493 e. The molecule has 1 aromatic carbocycles. The predicted molar refractivity (Wildman–Crippen MR) is 53.0 cm³/mol. The lowest BCUT2D eigenvalue weighted by Crippen LogP contribution is -2.45. The van der Waals surface area contributed by atoms with E-state index in [1.54, 1.807) is 0 Å². The highest BCUT2D eigenvalue weighted by Gasteiger charge is 2.16. The molecule has 70 valence electrons. The van der Waals surface area contributed by atoms with Gasteiger partial charge in [-0.25, -0.2) is 0 Å². The van der Waals surface area contributed by atoms with Crippen LogP contribution in [0, 0.1) is 12.8 Å². The molecule has 0 amide bonds. The molecule has 1 fully saturated rings. The van der Waals surface area contributed by atoms with E-state index in [9.17, 15) is 0 Å². The lowest BCUT2D eigenvalue weighted by molar-refractivity contribution is 0.199. The molecule has 2 rings (SSSR count). The largest absolute Gasteiger partial charge is 0.493 e. The summed E-state index contributed by atoms with van der Waals surface area (Å²) < 4.78 is 5.65. The summed E-state index contributed by atoms with van der Waals surface area (Å²) >= 11 is 0. The van der Waals surface area contributed by atoms with Crippen LogP contribution in [0.2, 0.25) is 0 Å². The molecular weight excluding hydrogens is 162 g/mol. The van der Waals surface area contributed by atoms with Gasteiger partial charge in [0.2, 0.25) is 0 Å². The quantitative estimate of drug-likeness (QED) is 0.757. The van der Waals surface area contributed by atoms with E-state index in [2.05, 4.69) is 24.4 Å². The van der Waals surface area contributed by atoms with E-state index in [-0.39, 0.29) is 0 Å². The van der Waals surface area contributed by atoms with Crippen molar-refractivity contribution >= 4 is 0 Å². The molecule has 0 aromatic heterocycles. The van der Waals surface area contributed by atoms with Gasteiger partial charge in [-0.15, -0.1) is 0 Å². The van der Waals surface area contributed by atoms with Gasteiger partial charge in [0.05, 0.1) is 6.61 Å². The predicted octanol–water partition coefficient (Wildman–Crippen LogP) is 1.59. The molecule has 2 nitrogen and oxygen atoms in total. The lowest BCUT2D eigenvalue weighted by atomic mass is 10.1. The molecule has 1 aliphatic rings. The first kappa shape index (κ1) is 8.57. The Labute approximate surface area is 78.9 Å². The van der Waals surface area contributed by atoms with Crippen LogP contribution < -0.4 is 10.1 Å². The Balaban J connectivity index is 1.86. The number of benzene rings is 1. The molecule has 1 aromatic rings. The van der Waals surface area contributed by atoms with Crippen LogP contribution in [0.4, 0.5) is 0 Å². The Bertz CT molecular complexity index is 281. The van der Waals surface area contributed by atoms with Gasteiger partial charge >= 0.3 is 0 Å². The average Bonchev–Trinajstić information content (AvgIpc) is 2.01. The van der Waals surface area contributed by atoms with E-state index in [0.717, 1.165) is 25.4 Å². The molecule has 0 spiro atoms. The van der Waals surface area contributed by atoms with Crippen molar-refractivity contribution in [1.82, 2.24) is 5.32 Å². The minimum absolute atomic E-state index is 0.709. The van der Waals surface area contributed by atoms with E-state index in [0.29, 0.717) is 5.92 Å². The molecule has 0 unspecified atom stereocenters. The molecule has 0 radical (unpaired) electrons. The zero-order chi connectivity index (χ0) is 9.10. The Morgan fingerprint density at radius 2 is 2.31 bits per heavy atom. The highest BCUT2D eigenvalue weighted by Crippen LogP contribution is 2.14. The number of hydrogen-bond donors (Lipinski definition) is 1.